The van der Waals surface area contributed by atoms with Gasteiger partial charge in [-0.15, -0.1) is 11.3 Å². The molecule has 6 nitrogen and oxygen atoms in total. The van der Waals surface area contributed by atoms with E-state index in [9.17, 15) is 18.5 Å². The Morgan fingerprint density at radius 1 is 1.33 bits per heavy atom. The van der Waals surface area contributed by atoms with Gasteiger partial charge in [0.05, 0.1) is 13.7 Å². The van der Waals surface area contributed by atoms with Gasteiger partial charge in [0.25, 0.3) is 5.69 Å². The first kappa shape index (κ1) is 16.4. The summed E-state index contributed by atoms with van der Waals surface area (Å²) < 4.78 is 27.6. The Balaban J connectivity index is 2.21. The maximum absolute atomic E-state index is 12.1. The highest BCUT2D eigenvalue weighted by Gasteiger charge is 2.20. The normalized spacial score (nSPS) is 11.5. The minimum absolute atomic E-state index is 0.117. The monoisotopic (exact) mass is 410 g/mol. The molecule has 0 fully saturated rings. The number of nitro groups is 1. The molecule has 0 aliphatic heterocycles. The number of nitrogens with one attached hydrogen (secondary N) is 1. The first-order chi connectivity index (χ1) is 9.79. The molecule has 0 atom stereocenters. The van der Waals surface area contributed by atoms with Crippen molar-refractivity contribution in [2.24, 2.45) is 0 Å². The lowest BCUT2D eigenvalue weighted by Crippen LogP contribution is -2.23. The summed E-state index contributed by atoms with van der Waals surface area (Å²) >= 11 is 10.5. The minimum atomic E-state index is -3.84. The number of hydrogen-bond acceptors (Lipinski definition) is 5. The molecule has 0 spiro atoms. The lowest BCUT2D eigenvalue weighted by Gasteiger charge is -2.07. The maximum Gasteiger partial charge on any atom is 0.271 e. The second kappa shape index (κ2) is 6.41. The van der Waals surface area contributed by atoms with Crippen LogP contribution in [0.2, 0.25) is 5.02 Å². The van der Waals surface area contributed by atoms with Crippen LogP contribution < -0.4 is 4.72 Å². The van der Waals surface area contributed by atoms with Gasteiger partial charge in [-0.25, -0.2) is 13.1 Å². The second-order valence-corrected chi connectivity index (χ2v) is 8.59. The Morgan fingerprint density at radius 3 is 2.57 bits per heavy atom. The van der Waals surface area contributed by atoms with Gasteiger partial charge in [-0.1, -0.05) is 11.6 Å². The van der Waals surface area contributed by atoms with E-state index in [1.165, 1.54) is 11.3 Å². The molecule has 21 heavy (non-hydrogen) atoms. The van der Waals surface area contributed by atoms with Crippen LogP contribution in [-0.2, 0) is 16.6 Å². The van der Waals surface area contributed by atoms with Gasteiger partial charge < -0.3 is 0 Å². The molecule has 1 N–H and O–H groups in total. The van der Waals surface area contributed by atoms with Crippen LogP contribution in [0.5, 0.6) is 0 Å². The molecule has 0 bridgehead atoms. The molecule has 0 saturated heterocycles. The van der Waals surface area contributed by atoms with Crippen LogP contribution in [-0.4, -0.2) is 13.3 Å². The summed E-state index contributed by atoms with van der Waals surface area (Å²) in [4.78, 5) is 10.6. The zero-order valence-electron chi connectivity index (χ0n) is 10.2. The number of nitro benzene ring substituents is 1. The van der Waals surface area contributed by atoms with Crippen molar-refractivity contribution in [3.8, 4) is 0 Å². The largest absolute Gasteiger partial charge is 0.271 e. The third-order valence-corrected chi connectivity index (χ3v) is 5.99. The highest BCUT2D eigenvalue weighted by atomic mass is 79.9. The van der Waals surface area contributed by atoms with Gasteiger partial charge in [-0.3, -0.25) is 10.1 Å². The molecule has 2 aromatic rings. The highest BCUT2D eigenvalue weighted by Crippen LogP contribution is 2.27. The van der Waals surface area contributed by atoms with Crippen molar-refractivity contribution in [3.63, 3.8) is 0 Å². The van der Waals surface area contributed by atoms with E-state index in [1.807, 2.05) is 6.07 Å². The van der Waals surface area contributed by atoms with Gasteiger partial charge >= 0.3 is 0 Å². The molecule has 0 aliphatic carbocycles. The smallest absolute Gasteiger partial charge is 0.258 e. The van der Waals surface area contributed by atoms with Gasteiger partial charge in [-0.05, 0) is 34.1 Å². The van der Waals surface area contributed by atoms with Crippen LogP contribution in [0.25, 0.3) is 0 Å². The minimum Gasteiger partial charge on any atom is -0.258 e. The van der Waals surface area contributed by atoms with E-state index in [1.54, 1.807) is 6.07 Å². The molecule has 10 heteroatoms. The standard InChI is InChI=1S/C11H8BrClN2O4S2/c12-11-4-2-8(20-11)6-14-21(18,19)10-3-1-7(15(16)17)5-9(10)13/h1-5,14H,6H2. The van der Waals surface area contributed by atoms with E-state index in [0.717, 1.165) is 26.9 Å². The van der Waals surface area contributed by atoms with E-state index in [2.05, 4.69) is 20.7 Å². The SMILES string of the molecule is O=[N+]([O-])c1ccc(S(=O)(=O)NCc2ccc(Br)s2)c(Cl)c1. The molecule has 112 valence electrons. The van der Waals surface area contributed by atoms with Gasteiger partial charge in [0.2, 0.25) is 10.0 Å². The van der Waals surface area contributed by atoms with Gasteiger partial charge in [0, 0.05) is 23.6 Å². The molecule has 0 amide bonds. The predicted octanol–water partition coefficient (Wildman–Crippen LogP) is 3.55. The van der Waals surface area contributed by atoms with Crippen molar-refractivity contribution in [1.82, 2.24) is 4.72 Å². The van der Waals surface area contributed by atoms with Crippen LogP contribution in [0, 0.1) is 10.1 Å². The van der Waals surface area contributed by atoms with Gasteiger partial charge in [-0.2, -0.15) is 0 Å². The number of sulfonamides is 1. The fraction of sp³-hybridized carbons (Fsp3) is 0.0909. The van der Waals surface area contributed by atoms with Crippen molar-refractivity contribution < 1.29 is 13.3 Å². The predicted molar refractivity (Wildman–Crippen MR) is 84.2 cm³/mol. The molecular formula is C11H8BrClN2O4S2. The van der Waals surface area contributed by atoms with E-state index in [0.29, 0.717) is 0 Å². The molecular weight excluding hydrogens is 404 g/mol. The third-order valence-electron chi connectivity index (χ3n) is 2.48. The number of nitrogens with zero attached hydrogens (tertiary/aromatic N) is 1. The molecule has 2 rings (SSSR count). The number of rotatable bonds is 5. The number of halogens is 2. The summed E-state index contributed by atoms with van der Waals surface area (Å²) in [6.07, 6.45) is 0. The number of non-ortho nitro benzene ring substituents is 1. The molecule has 0 unspecified atom stereocenters. The summed E-state index contributed by atoms with van der Waals surface area (Å²) in [5.74, 6) is 0. The van der Waals surface area contributed by atoms with Crippen LogP contribution in [0.15, 0.2) is 39.0 Å². The van der Waals surface area contributed by atoms with E-state index < -0.39 is 14.9 Å². The second-order valence-electron chi connectivity index (χ2n) is 3.90. The average molecular weight is 412 g/mol. The molecule has 0 aliphatic rings. The number of benzene rings is 1. The fourth-order valence-electron chi connectivity index (χ4n) is 1.51. The maximum atomic E-state index is 12.1. The van der Waals surface area contributed by atoms with Crippen molar-refractivity contribution >= 4 is 54.6 Å². The van der Waals surface area contributed by atoms with E-state index in [4.69, 9.17) is 11.6 Å². The van der Waals surface area contributed by atoms with Gasteiger partial charge in [0.15, 0.2) is 0 Å². The third kappa shape index (κ3) is 4.01. The Bertz CT molecular complexity index is 791. The van der Waals surface area contributed by atoms with Crippen LogP contribution in [0.4, 0.5) is 5.69 Å². The lowest BCUT2D eigenvalue weighted by molar-refractivity contribution is -0.384. The van der Waals surface area contributed by atoms with Crippen molar-refractivity contribution in [3.05, 3.63) is 54.1 Å². The van der Waals surface area contributed by atoms with E-state index >= 15 is 0 Å². The molecule has 0 radical (unpaired) electrons. The summed E-state index contributed by atoms with van der Waals surface area (Å²) in [5, 5.41) is 10.4. The van der Waals surface area contributed by atoms with Crippen molar-refractivity contribution in [2.45, 2.75) is 11.4 Å². The zero-order valence-corrected chi connectivity index (χ0v) is 14.2. The Kier molecular flexibility index (Phi) is 4.99. The van der Waals surface area contributed by atoms with Crippen LogP contribution in [0.1, 0.15) is 4.88 Å². The van der Waals surface area contributed by atoms with E-state index in [-0.39, 0.29) is 22.2 Å². The average Bonchev–Trinajstić information content (AvgIpc) is 2.82. The highest BCUT2D eigenvalue weighted by molar-refractivity contribution is 9.11. The van der Waals surface area contributed by atoms with Crippen LogP contribution in [0.3, 0.4) is 0 Å². The summed E-state index contributed by atoms with van der Waals surface area (Å²) in [6, 6.07) is 6.83. The van der Waals surface area contributed by atoms with Crippen molar-refractivity contribution in [1.29, 1.82) is 0 Å². The fourth-order valence-corrected chi connectivity index (χ4v) is 4.57. The molecule has 1 aromatic heterocycles. The van der Waals surface area contributed by atoms with Crippen molar-refractivity contribution in [2.75, 3.05) is 0 Å². The Morgan fingerprint density at radius 2 is 2.05 bits per heavy atom. The molecule has 0 saturated carbocycles. The first-order valence-corrected chi connectivity index (χ1v) is 8.94. The number of thiophene rings is 1. The first-order valence-electron chi connectivity index (χ1n) is 5.47. The summed E-state index contributed by atoms with van der Waals surface area (Å²) in [7, 11) is -3.84. The number of hydrogen-bond donors (Lipinski definition) is 1. The molecule has 1 heterocycles. The lowest BCUT2D eigenvalue weighted by atomic mass is 10.3. The summed E-state index contributed by atoms with van der Waals surface area (Å²) in [6.45, 7) is 0.117. The Labute approximate surface area is 138 Å². The topological polar surface area (TPSA) is 89.3 Å². The van der Waals surface area contributed by atoms with Crippen LogP contribution >= 0.6 is 38.9 Å². The zero-order chi connectivity index (χ0) is 15.6. The Hall–Kier alpha value is -1.00. The van der Waals surface area contributed by atoms with Gasteiger partial charge in [0.1, 0.15) is 4.90 Å². The summed E-state index contributed by atoms with van der Waals surface area (Å²) in [5.41, 5.74) is -0.263. The quantitative estimate of drug-likeness (QED) is 0.602. The molecule has 1 aromatic carbocycles.